The van der Waals surface area contributed by atoms with Gasteiger partial charge in [0.05, 0.1) is 0 Å². The van der Waals surface area contributed by atoms with Gasteiger partial charge in [-0.1, -0.05) is 65.7 Å². The fraction of sp³-hybridized carbons (Fsp3) is 0.296. The molecule has 4 rings (SSSR count). The van der Waals surface area contributed by atoms with Crippen molar-refractivity contribution in [2.75, 3.05) is 18.0 Å². The van der Waals surface area contributed by atoms with Gasteiger partial charge in [-0.3, -0.25) is 9.69 Å². The smallest absolute Gasteiger partial charge is 0.258 e. The summed E-state index contributed by atoms with van der Waals surface area (Å²) in [5, 5.41) is 0. The van der Waals surface area contributed by atoms with E-state index in [4.69, 9.17) is 0 Å². The van der Waals surface area contributed by atoms with Gasteiger partial charge >= 0.3 is 0 Å². The lowest BCUT2D eigenvalue weighted by Crippen LogP contribution is -2.47. The number of aryl methyl sites for hydroxylation is 2. The van der Waals surface area contributed by atoms with Crippen molar-refractivity contribution in [3.63, 3.8) is 0 Å². The van der Waals surface area contributed by atoms with Crippen LogP contribution in [0.5, 0.6) is 0 Å². The molecule has 0 N–H and O–H groups in total. The largest absolute Gasteiger partial charge is 0.305 e. The second-order valence-corrected chi connectivity index (χ2v) is 8.37. The minimum absolute atomic E-state index is 0.0957. The second-order valence-electron chi connectivity index (χ2n) is 8.37. The Morgan fingerprint density at radius 2 is 1.57 bits per heavy atom. The molecule has 1 aliphatic rings. The molecular formula is C27H30N2O. The van der Waals surface area contributed by atoms with Gasteiger partial charge < -0.3 is 4.90 Å². The third kappa shape index (κ3) is 4.80. The molecule has 0 spiro atoms. The van der Waals surface area contributed by atoms with E-state index in [0.717, 1.165) is 43.7 Å². The van der Waals surface area contributed by atoms with Gasteiger partial charge in [-0.05, 0) is 56.5 Å². The van der Waals surface area contributed by atoms with Crippen LogP contribution in [-0.4, -0.2) is 29.9 Å². The summed E-state index contributed by atoms with van der Waals surface area (Å²) in [6.45, 7) is 7.18. The Kier molecular flexibility index (Phi) is 6.29. The van der Waals surface area contributed by atoms with E-state index in [1.165, 1.54) is 16.7 Å². The quantitative estimate of drug-likeness (QED) is 0.557. The highest BCUT2D eigenvalue weighted by Gasteiger charge is 2.29. The van der Waals surface area contributed by atoms with E-state index in [-0.39, 0.29) is 11.9 Å². The number of rotatable bonds is 5. The first-order valence-electron chi connectivity index (χ1n) is 10.8. The Balaban J connectivity index is 1.49. The summed E-state index contributed by atoms with van der Waals surface area (Å²) in [4.78, 5) is 18.0. The third-order valence-electron chi connectivity index (χ3n) is 5.96. The molecule has 1 heterocycles. The fourth-order valence-corrected chi connectivity index (χ4v) is 4.32. The van der Waals surface area contributed by atoms with E-state index in [2.05, 4.69) is 36.1 Å². The van der Waals surface area contributed by atoms with Crippen molar-refractivity contribution in [3.05, 3.63) is 101 Å². The van der Waals surface area contributed by atoms with Gasteiger partial charge in [0, 0.05) is 36.9 Å². The van der Waals surface area contributed by atoms with E-state index >= 15 is 0 Å². The van der Waals surface area contributed by atoms with Crippen LogP contribution < -0.4 is 4.90 Å². The van der Waals surface area contributed by atoms with Crippen LogP contribution in [0.4, 0.5) is 5.69 Å². The molecule has 0 unspecified atom stereocenters. The van der Waals surface area contributed by atoms with Crippen LogP contribution in [-0.2, 0) is 6.54 Å². The van der Waals surface area contributed by atoms with Crippen LogP contribution in [0.25, 0.3) is 0 Å². The molecule has 1 aliphatic heterocycles. The Morgan fingerprint density at radius 3 is 2.23 bits per heavy atom. The molecule has 3 nitrogen and oxygen atoms in total. The molecule has 3 aromatic rings. The van der Waals surface area contributed by atoms with Gasteiger partial charge in [0.15, 0.2) is 0 Å². The van der Waals surface area contributed by atoms with Crippen molar-refractivity contribution in [2.45, 2.75) is 39.3 Å². The number of piperidine rings is 1. The molecule has 0 bridgehead atoms. The summed E-state index contributed by atoms with van der Waals surface area (Å²) in [5.41, 5.74) is 5.58. The van der Waals surface area contributed by atoms with Gasteiger partial charge in [-0.25, -0.2) is 0 Å². The van der Waals surface area contributed by atoms with Crippen molar-refractivity contribution in [1.29, 1.82) is 0 Å². The standard InChI is InChI=1S/C27H30N2O/c1-21-11-13-24(14-12-21)27(30)29(25-9-4-3-5-10-25)26-15-17-28(18-16-26)20-23-8-6-7-22(2)19-23/h3-14,19,26H,15-18,20H2,1-2H3. The average Bonchev–Trinajstić information content (AvgIpc) is 2.76. The van der Waals surface area contributed by atoms with Gasteiger partial charge in [-0.2, -0.15) is 0 Å². The lowest BCUT2D eigenvalue weighted by Gasteiger charge is -2.38. The number of nitrogens with zero attached hydrogens (tertiary/aromatic N) is 2. The van der Waals surface area contributed by atoms with Crippen molar-refractivity contribution >= 4 is 11.6 Å². The lowest BCUT2D eigenvalue weighted by molar-refractivity contribution is 0.0958. The van der Waals surface area contributed by atoms with Crippen LogP contribution in [0, 0.1) is 13.8 Å². The maximum atomic E-state index is 13.5. The number of hydrogen-bond donors (Lipinski definition) is 0. The van der Waals surface area contributed by atoms with Gasteiger partial charge in [0.1, 0.15) is 0 Å². The van der Waals surface area contributed by atoms with Crippen molar-refractivity contribution in [1.82, 2.24) is 4.90 Å². The number of carbonyl (C=O) groups is 1. The van der Waals surface area contributed by atoms with E-state index < -0.39 is 0 Å². The van der Waals surface area contributed by atoms with Crippen LogP contribution in [0.3, 0.4) is 0 Å². The number of anilines is 1. The highest BCUT2D eigenvalue weighted by molar-refractivity contribution is 6.06. The van der Waals surface area contributed by atoms with Gasteiger partial charge in [0.2, 0.25) is 0 Å². The minimum Gasteiger partial charge on any atom is -0.305 e. The summed E-state index contributed by atoms with van der Waals surface area (Å²) in [7, 11) is 0. The number of amides is 1. The second kappa shape index (κ2) is 9.27. The van der Waals surface area contributed by atoms with E-state index in [0.29, 0.717) is 0 Å². The van der Waals surface area contributed by atoms with Crippen LogP contribution >= 0.6 is 0 Å². The maximum Gasteiger partial charge on any atom is 0.258 e. The Hall–Kier alpha value is -2.91. The maximum absolute atomic E-state index is 13.5. The van der Waals surface area contributed by atoms with Crippen molar-refractivity contribution < 1.29 is 4.79 Å². The third-order valence-corrected chi connectivity index (χ3v) is 5.96. The van der Waals surface area contributed by atoms with Crippen LogP contribution in [0.15, 0.2) is 78.9 Å². The number of likely N-dealkylation sites (tertiary alicyclic amines) is 1. The molecule has 0 aliphatic carbocycles. The SMILES string of the molecule is Cc1ccc(C(=O)N(c2ccccc2)C2CCN(Cc3cccc(C)c3)CC2)cc1. The zero-order chi connectivity index (χ0) is 20.9. The first-order chi connectivity index (χ1) is 14.6. The molecule has 0 radical (unpaired) electrons. The predicted octanol–water partition coefficient (Wildman–Crippen LogP) is 5.61. The number of hydrogen-bond acceptors (Lipinski definition) is 2. The minimum atomic E-state index is 0.0957. The molecular weight excluding hydrogens is 368 g/mol. The monoisotopic (exact) mass is 398 g/mol. The summed E-state index contributed by atoms with van der Waals surface area (Å²) < 4.78 is 0. The van der Waals surface area contributed by atoms with E-state index in [1.807, 2.05) is 66.4 Å². The van der Waals surface area contributed by atoms with E-state index in [9.17, 15) is 4.79 Å². The van der Waals surface area contributed by atoms with Crippen molar-refractivity contribution in [2.24, 2.45) is 0 Å². The van der Waals surface area contributed by atoms with Gasteiger partial charge in [-0.15, -0.1) is 0 Å². The molecule has 1 amide bonds. The molecule has 30 heavy (non-hydrogen) atoms. The summed E-state index contributed by atoms with van der Waals surface area (Å²) >= 11 is 0. The Bertz CT molecular complexity index is 973. The number of carbonyl (C=O) groups excluding carboxylic acids is 1. The summed E-state index contributed by atoms with van der Waals surface area (Å²) in [6.07, 6.45) is 1.97. The summed E-state index contributed by atoms with van der Waals surface area (Å²) in [6, 6.07) is 27.0. The molecule has 0 aromatic heterocycles. The molecule has 1 fully saturated rings. The lowest BCUT2D eigenvalue weighted by atomic mass is 9.99. The first-order valence-corrected chi connectivity index (χ1v) is 10.8. The van der Waals surface area contributed by atoms with Crippen LogP contribution in [0.2, 0.25) is 0 Å². The highest BCUT2D eigenvalue weighted by Crippen LogP contribution is 2.26. The topological polar surface area (TPSA) is 23.6 Å². The molecule has 0 atom stereocenters. The molecule has 3 heteroatoms. The van der Waals surface area contributed by atoms with Gasteiger partial charge in [0.25, 0.3) is 5.91 Å². The van der Waals surface area contributed by atoms with Crippen molar-refractivity contribution in [3.8, 4) is 0 Å². The Labute approximate surface area is 180 Å². The molecule has 154 valence electrons. The molecule has 0 saturated carbocycles. The zero-order valence-corrected chi connectivity index (χ0v) is 17.9. The predicted molar refractivity (Wildman–Crippen MR) is 124 cm³/mol. The summed E-state index contributed by atoms with van der Waals surface area (Å²) in [5.74, 6) is 0.0957. The van der Waals surface area contributed by atoms with Crippen LogP contribution in [0.1, 0.15) is 39.9 Å². The molecule has 1 saturated heterocycles. The normalized spacial score (nSPS) is 15.1. The zero-order valence-electron chi connectivity index (χ0n) is 17.9. The Morgan fingerprint density at radius 1 is 0.867 bits per heavy atom. The van der Waals surface area contributed by atoms with E-state index in [1.54, 1.807) is 0 Å². The number of para-hydroxylation sites is 1. The highest BCUT2D eigenvalue weighted by atomic mass is 16.2. The number of benzene rings is 3. The fourth-order valence-electron chi connectivity index (χ4n) is 4.32. The molecule has 3 aromatic carbocycles. The average molecular weight is 399 g/mol. The first kappa shape index (κ1) is 20.4.